The molecule has 0 aromatic heterocycles. The molecule has 3 N–H and O–H groups in total. The van der Waals surface area contributed by atoms with Crippen LogP contribution in [0.15, 0.2) is 47.4 Å². The fourth-order valence-corrected chi connectivity index (χ4v) is 3.28. The highest BCUT2D eigenvalue weighted by Gasteiger charge is 2.19. The number of primary amides is 1. The summed E-state index contributed by atoms with van der Waals surface area (Å²) in [7, 11) is -2.65. The molecule has 2 aromatic carbocycles. The first-order valence-corrected chi connectivity index (χ1v) is 8.87. The molecule has 7 nitrogen and oxygen atoms in total. The lowest BCUT2D eigenvalue weighted by Crippen LogP contribution is -2.32. The number of nitrogens with one attached hydrogen (secondary N) is 1. The number of benzene rings is 2. The van der Waals surface area contributed by atoms with Crippen molar-refractivity contribution >= 4 is 33.4 Å². The molecule has 0 saturated carbocycles. The van der Waals surface area contributed by atoms with Gasteiger partial charge in [-0.3, -0.25) is 9.59 Å². The topological polar surface area (TPSA) is 116 Å². The van der Waals surface area contributed by atoms with Gasteiger partial charge in [0.05, 0.1) is 18.4 Å². The van der Waals surface area contributed by atoms with Gasteiger partial charge in [-0.15, -0.1) is 0 Å². The van der Waals surface area contributed by atoms with Crippen molar-refractivity contribution in [1.29, 1.82) is 0 Å². The average molecular weight is 383 g/mol. The Morgan fingerprint density at radius 2 is 1.80 bits per heavy atom. The van der Waals surface area contributed by atoms with Crippen LogP contribution in [0.3, 0.4) is 0 Å². The maximum Gasteiger partial charge on any atom is 0.264 e. The number of ether oxygens (including phenoxy) is 1. The van der Waals surface area contributed by atoms with E-state index in [0.29, 0.717) is 16.3 Å². The largest absolute Gasteiger partial charge is 0.496 e. The van der Waals surface area contributed by atoms with Crippen molar-refractivity contribution < 1.29 is 22.7 Å². The second kappa shape index (κ2) is 7.54. The molecule has 0 aliphatic rings. The standard InChI is InChI=1S/C16H15ClN2O5S/c1-24-14-7-4-12(17)8-11(14)9-15(20)19-25(22,23)13-5-2-10(3-6-13)16(18)21/h2-8H,9H2,1H3,(H2,18,21)(H,19,20). The van der Waals surface area contributed by atoms with Gasteiger partial charge in [0, 0.05) is 16.1 Å². The molecule has 0 spiro atoms. The summed E-state index contributed by atoms with van der Waals surface area (Å²) >= 11 is 5.88. The molecule has 0 bridgehead atoms. The summed E-state index contributed by atoms with van der Waals surface area (Å²) < 4.78 is 31.5. The van der Waals surface area contributed by atoms with Gasteiger partial charge in [-0.25, -0.2) is 13.1 Å². The highest BCUT2D eigenvalue weighted by molar-refractivity contribution is 7.90. The Balaban J connectivity index is 2.16. The third-order valence-corrected chi connectivity index (χ3v) is 4.92. The molecule has 0 fully saturated rings. The van der Waals surface area contributed by atoms with Crippen LogP contribution in [-0.4, -0.2) is 27.3 Å². The van der Waals surface area contributed by atoms with E-state index in [1.165, 1.54) is 37.4 Å². The lowest BCUT2D eigenvalue weighted by Gasteiger charge is -2.10. The Labute approximate surface area is 149 Å². The summed E-state index contributed by atoms with van der Waals surface area (Å²) in [6.45, 7) is 0. The van der Waals surface area contributed by atoms with Gasteiger partial charge in [0.15, 0.2) is 0 Å². The van der Waals surface area contributed by atoms with E-state index >= 15 is 0 Å². The Hall–Kier alpha value is -2.58. The van der Waals surface area contributed by atoms with Gasteiger partial charge in [-0.1, -0.05) is 11.6 Å². The maximum atomic E-state index is 12.2. The molecule has 9 heteroatoms. The molecule has 0 unspecified atom stereocenters. The van der Waals surface area contributed by atoms with Gasteiger partial charge >= 0.3 is 0 Å². The number of rotatable bonds is 6. The molecular formula is C16H15ClN2O5S. The zero-order valence-electron chi connectivity index (χ0n) is 13.2. The monoisotopic (exact) mass is 382 g/mol. The maximum absolute atomic E-state index is 12.2. The number of carbonyl (C=O) groups is 2. The highest BCUT2D eigenvalue weighted by Crippen LogP contribution is 2.23. The Bertz CT molecular complexity index is 911. The van der Waals surface area contributed by atoms with Crippen LogP contribution in [0.1, 0.15) is 15.9 Å². The fraction of sp³-hybridized carbons (Fsp3) is 0.125. The summed E-state index contributed by atoms with van der Waals surface area (Å²) in [4.78, 5) is 22.9. The summed E-state index contributed by atoms with van der Waals surface area (Å²) in [6.07, 6.45) is -0.234. The smallest absolute Gasteiger partial charge is 0.264 e. The molecule has 2 rings (SSSR count). The number of hydrogen-bond donors (Lipinski definition) is 2. The van der Waals surface area contributed by atoms with E-state index in [9.17, 15) is 18.0 Å². The number of halogens is 1. The predicted molar refractivity (Wildman–Crippen MR) is 92.0 cm³/mol. The van der Waals surface area contributed by atoms with Crippen molar-refractivity contribution in [2.45, 2.75) is 11.3 Å². The van der Waals surface area contributed by atoms with E-state index in [0.717, 1.165) is 0 Å². The number of methoxy groups -OCH3 is 1. The average Bonchev–Trinajstić information content (AvgIpc) is 2.54. The van der Waals surface area contributed by atoms with Crippen LogP contribution in [0.5, 0.6) is 5.75 Å². The molecule has 132 valence electrons. The van der Waals surface area contributed by atoms with Crippen LogP contribution in [0, 0.1) is 0 Å². The quantitative estimate of drug-likeness (QED) is 0.785. The van der Waals surface area contributed by atoms with Crippen LogP contribution < -0.4 is 15.2 Å². The second-order valence-corrected chi connectivity index (χ2v) is 7.17. The number of carbonyl (C=O) groups excluding carboxylic acids is 2. The summed E-state index contributed by atoms with van der Waals surface area (Å²) in [5.41, 5.74) is 5.71. The molecule has 0 radical (unpaired) electrons. The van der Waals surface area contributed by atoms with Crippen LogP contribution in [-0.2, 0) is 21.2 Å². The molecule has 2 amide bonds. The number of sulfonamides is 1. The lowest BCUT2D eigenvalue weighted by atomic mass is 10.1. The first kappa shape index (κ1) is 18.8. The van der Waals surface area contributed by atoms with E-state index < -0.39 is 21.8 Å². The minimum atomic E-state index is -4.08. The number of amides is 2. The fourth-order valence-electron chi connectivity index (χ4n) is 2.10. The first-order chi connectivity index (χ1) is 11.7. The van der Waals surface area contributed by atoms with Crippen LogP contribution in [0.4, 0.5) is 0 Å². The third kappa shape index (κ3) is 4.71. The van der Waals surface area contributed by atoms with Crippen LogP contribution in [0.25, 0.3) is 0 Å². The van der Waals surface area contributed by atoms with E-state index in [4.69, 9.17) is 22.1 Å². The first-order valence-electron chi connectivity index (χ1n) is 7.01. The summed E-state index contributed by atoms with van der Waals surface area (Å²) in [5, 5.41) is 0.397. The summed E-state index contributed by atoms with van der Waals surface area (Å²) in [5.74, 6) is -1.01. The molecule has 0 aliphatic carbocycles. The van der Waals surface area contributed by atoms with Gasteiger partial charge in [0.1, 0.15) is 5.75 Å². The molecule has 0 heterocycles. The highest BCUT2D eigenvalue weighted by atomic mass is 35.5. The Kier molecular flexibility index (Phi) is 5.66. The van der Waals surface area contributed by atoms with Crippen molar-refractivity contribution in [3.63, 3.8) is 0 Å². The minimum Gasteiger partial charge on any atom is -0.496 e. The summed E-state index contributed by atoms with van der Waals surface area (Å²) in [6, 6.07) is 9.61. The van der Waals surface area contributed by atoms with Crippen molar-refractivity contribution in [2.24, 2.45) is 5.73 Å². The number of hydrogen-bond acceptors (Lipinski definition) is 5. The van der Waals surface area contributed by atoms with E-state index in [-0.39, 0.29) is 16.9 Å². The zero-order valence-corrected chi connectivity index (χ0v) is 14.7. The Morgan fingerprint density at radius 1 is 1.16 bits per heavy atom. The van der Waals surface area contributed by atoms with Crippen molar-refractivity contribution in [3.8, 4) is 5.75 Å². The van der Waals surface area contributed by atoms with Crippen molar-refractivity contribution in [1.82, 2.24) is 4.72 Å². The van der Waals surface area contributed by atoms with Gasteiger partial charge in [-0.05, 0) is 42.5 Å². The van der Waals surface area contributed by atoms with E-state index in [2.05, 4.69) is 0 Å². The zero-order chi connectivity index (χ0) is 18.6. The normalized spacial score (nSPS) is 11.0. The van der Waals surface area contributed by atoms with Gasteiger partial charge in [0.2, 0.25) is 11.8 Å². The van der Waals surface area contributed by atoms with Gasteiger partial charge in [-0.2, -0.15) is 0 Å². The predicted octanol–water partition coefficient (Wildman–Crippen LogP) is 1.50. The molecule has 25 heavy (non-hydrogen) atoms. The van der Waals surface area contributed by atoms with Crippen molar-refractivity contribution in [2.75, 3.05) is 7.11 Å². The Morgan fingerprint density at radius 3 is 2.36 bits per heavy atom. The third-order valence-electron chi connectivity index (χ3n) is 3.29. The molecule has 0 aliphatic heterocycles. The van der Waals surface area contributed by atoms with E-state index in [1.807, 2.05) is 4.72 Å². The molecule has 0 atom stereocenters. The van der Waals surface area contributed by atoms with Crippen LogP contribution >= 0.6 is 11.6 Å². The van der Waals surface area contributed by atoms with E-state index in [1.54, 1.807) is 12.1 Å². The number of nitrogens with two attached hydrogens (primary N) is 1. The van der Waals surface area contributed by atoms with Gasteiger partial charge < -0.3 is 10.5 Å². The van der Waals surface area contributed by atoms with Crippen molar-refractivity contribution in [3.05, 3.63) is 58.6 Å². The minimum absolute atomic E-state index is 0.161. The second-order valence-electron chi connectivity index (χ2n) is 5.05. The molecular weight excluding hydrogens is 368 g/mol. The SMILES string of the molecule is COc1ccc(Cl)cc1CC(=O)NS(=O)(=O)c1ccc(C(N)=O)cc1. The molecule has 0 saturated heterocycles. The van der Waals surface area contributed by atoms with Gasteiger partial charge in [0.25, 0.3) is 10.0 Å². The van der Waals surface area contributed by atoms with Crippen LogP contribution in [0.2, 0.25) is 5.02 Å². The molecule has 2 aromatic rings. The lowest BCUT2D eigenvalue weighted by molar-refractivity contribution is -0.118.